The minimum Gasteiger partial charge on any atom is -0.381 e. The lowest BCUT2D eigenvalue weighted by molar-refractivity contribution is 0.0560. The van der Waals surface area contributed by atoms with Crippen molar-refractivity contribution in [2.75, 3.05) is 7.11 Å². The van der Waals surface area contributed by atoms with Gasteiger partial charge in [0.1, 0.15) is 0 Å². The van der Waals surface area contributed by atoms with E-state index in [1.165, 1.54) is 51.4 Å². The molecule has 0 aromatic carbocycles. The predicted octanol–water partition coefficient (Wildman–Crippen LogP) is 4.80. The van der Waals surface area contributed by atoms with Gasteiger partial charge >= 0.3 is 0 Å². The molecule has 0 bridgehead atoms. The van der Waals surface area contributed by atoms with Crippen molar-refractivity contribution in [2.24, 2.45) is 5.92 Å². The summed E-state index contributed by atoms with van der Waals surface area (Å²) in [4.78, 5) is 0. The van der Waals surface area contributed by atoms with Crippen LogP contribution in [0.3, 0.4) is 0 Å². The summed E-state index contributed by atoms with van der Waals surface area (Å²) >= 11 is 0. The first kappa shape index (κ1) is 15.0. The molecule has 0 aliphatic carbocycles. The van der Waals surface area contributed by atoms with Crippen LogP contribution in [0, 0.1) is 5.92 Å². The average Bonchev–Trinajstić information content (AvgIpc) is 2.21. The van der Waals surface area contributed by atoms with Crippen LogP contribution in [-0.2, 0) is 4.74 Å². The topological polar surface area (TPSA) is 9.23 Å². The van der Waals surface area contributed by atoms with Gasteiger partial charge in [0.2, 0.25) is 0 Å². The zero-order valence-corrected chi connectivity index (χ0v) is 11.2. The normalized spacial score (nSPS) is 13.4. The van der Waals surface area contributed by atoms with Crippen LogP contribution in [0.2, 0.25) is 0 Å². The quantitative estimate of drug-likeness (QED) is 0.475. The summed E-state index contributed by atoms with van der Waals surface area (Å²) in [6.45, 7) is 6.76. The molecule has 0 fully saturated rings. The van der Waals surface area contributed by atoms with Gasteiger partial charge in [-0.1, -0.05) is 65.7 Å². The highest BCUT2D eigenvalue weighted by Crippen LogP contribution is 2.15. The third-order valence-corrected chi connectivity index (χ3v) is 3.14. The van der Waals surface area contributed by atoms with Gasteiger partial charge in [-0.2, -0.15) is 0 Å². The van der Waals surface area contributed by atoms with Crippen LogP contribution < -0.4 is 0 Å². The Morgan fingerprint density at radius 2 is 1.40 bits per heavy atom. The van der Waals surface area contributed by atoms with E-state index in [0.29, 0.717) is 12.0 Å². The lowest BCUT2D eigenvalue weighted by atomic mass is 10.00. The van der Waals surface area contributed by atoms with Crippen molar-refractivity contribution in [2.45, 2.75) is 78.2 Å². The van der Waals surface area contributed by atoms with Crippen molar-refractivity contribution in [1.82, 2.24) is 0 Å². The standard InChI is InChI=1S/C14H30O/c1-5-6-7-8-9-10-11-12-14(15-4)13(2)3/h13-14H,5-12H2,1-4H3. The molecule has 0 saturated heterocycles. The summed E-state index contributed by atoms with van der Waals surface area (Å²) in [6.07, 6.45) is 11.4. The van der Waals surface area contributed by atoms with Gasteiger partial charge in [0.25, 0.3) is 0 Å². The van der Waals surface area contributed by atoms with Crippen molar-refractivity contribution in [1.29, 1.82) is 0 Å². The molecule has 0 aromatic rings. The Balaban J connectivity index is 3.22. The van der Waals surface area contributed by atoms with Gasteiger partial charge in [-0.25, -0.2) is 0 Å². The van der Waals surface area contributed by atoms with Crippen molar-refractivity contribution in [3.8, 4) is 0 Å². The van der Waals surface area contributed by atoms with Crippen LogP contribution in [0.4, 0.5) is 0 Å². The molecule has 0 aliphatic rings. The first-order valence-electron chi connectivity index (χ1n) is 6.75. The maximum atomic E-state index is 5.46. The molecule has 1 atom stereocenters. The highest BCUT2D eigenvalue weighted by molar-refractivity contribution is 4.61. The van der Waals surface area contributed by atoms with E-state index < -0.39 is 0 Å². The van der Waals surface area contributed by atoms with E-state index in [9.17, 15) is 0 Å². The Morgan fingerprint density at radius 1 is 0.867 bits per heavy atom. The maximum Gasteiger partial charge on any atom is 0.0594 e. The van der Waals surface area contributed by atoms with Gasteiger partial charge in [-0.05, 0) is 12.3 Å². The number of rotatable bonds is 10. The molecule has 0 amide bonds. The van der Waals surface area contributed by atoms with Gasteiger partial charge in [-0.3, -0.25) is 0 Å². The van der Waals surface area contributed by atoms with Crippen LogP contribution in [-0.4, -0.2) is 13.2 Å². The zero-order valence-electron chi connectivity index (χ0n) is 11.2. The molecule has 0 aliphatic heterocycles. The molecule has 0 radical (unpaired) electrons. The largest absolute Gasteiger partial charge is 0.381 e. The third-order valence-electron chi connectivity index (χ3n) is 3.14. The van der Waals surface area contributed by atoms with Gasteiger partial charge in [-0.15, -0.1) is 0 Å². The van der Waals surface area contributed by atoms with Crippen LogP contribution >= 0.6 is 0 Å². The van der Waals surface area contributed by atoms with E-state index in [-0.39, 0.29) is 0 Å². The van der Waals surface area contributed by atoms with E-state index >= 15 is 0 Å². The minimum absolute atomic E-state index is 0.473. The lowest BCUT2D eigenvalue weighted by Crippen LogP contribution is -2.17. The maximum absolute atomic E-state index is 5.46. The number of hydrogen-bond acceptors (Lipinski definition) is 1. The number of methoxy groups -OCH3 is 1. The zero-order chi connectivity index (χ0) is 11.5. The Labute approximate surface area is 96.6 Å². The summed E-state index contributed by atoms with van der Waals surface area (Å²) in [5.74, 6) is 0.662. The molecule has 1 nitrogen and oxygen atoms in total. The summed E-state index contributed by atoms with van der Waals surface area (Å²) in [5.41, 5.74) is 0. The molecule has 0 aromatic heterocycles. The molecule has 0 saturated carbocycles. The minimum atomic E-state index is 0.473. The van der Waals surface area contributed by atoms with Crippen molar-refractivity contribution in [3.05, 3.63) is 0 Å². The van der Waals surface area contributed by atoms with Crippen molar-refractivity contribution >= 4 is 0 Å². The molecular weight excluding hydrogens is 184 g/mol. The SMILES string of the molecule is CCCCCCCCCC(OC)C(C)C. The van der Waals surface area contributed by atoms with Crippen LogP contribution in [0.15, 0.2) is 0 Å². The summed E-state index contributed by atoms with van der Waals surface area (Å²) in [5, 5.41) is 0. The molecule has 15 heavy (non-hydrogen) atoms. The van der Waals surface area contributed by atoms with Gasteiger partial charge < -0.3 is 4.74 Å². The summed E-state index contributed by atoms with van der Waals surface area (Å²) in [7, 11) is 1.84. The van der Waals surface area contributed by atoms with Crippen LogP contribution in [0.25, 0.3) is 0 Å². The molecule has 0 N–H and O–H groups in total. The first-order chi connectivity index (χ1) is 7.22. The molecule has 1 heteroatoms. The smallest absolute Gasteiger partial charge is 0.0594 e. The summed E-state index contributed by atoms with van der Waals surface area (Å²) < 4.78 is 5.46. The highest BCUT2D eigenvalue weighted by atomic mass is 16.5. The Kier molecular flexibility index (Phi) is 10.4. The molecule has 0 rings (SSSR count). The van der Waals surface area contributed by atoms with Crippen LogP contribution in [0.1, 0.15) is 72.1 Å². The van der Waals surface area contributed by atoms with E-state index in [1.807, 2.05) is 7.11 Å². The molecule has 0 spiro atoms. The number of hydrogen-bond donors (Lipinski definition) is 0. The number of unbranched alkanes of at least 4 members (excludes halogenated alkanes) is 6. The van der Waals surface area contributed by atoms with Gasteiger partial charge in [0.15, 0.2) is 0 Å². The Morgan fingerprint density at radius 3 is 1.87 bits per heavy atom. The highest BCUT2D eigenvalue weighted by Gasteiger charge is 2.10. The fourth-order valence-electron chi connectivity index (χ4n) is 2.03. The second-order valence-corrected chi connectivity index (χ2v) is 4.93. The number of ether oxygens (including phenoxy) is 1. The second kappa shape index (κ2) is 10.5. The fraction of sp³-hybridized carbons (Fsp3) is 1.00. The Hall–Kier alpha value is -0.0400. The molecule has 0 heterocycles. The average molecular weight is 214 g/mol. The predicted molar refractivity (Wildman–Crippen MR) is 68.2 cm³/mol. The van der Waals surface area contributed by atoms with Crippen molar-refractivity contribution in [3.63, 3.8) is 0 Å². The van der Waals surface area contributed by atoms with Crippen LogP contribution in [0.5, 0.6) is 0 Å². The van der Waals surface area contributed by atoms with E-state index in [4.69, 9.17) is 4.74 Å². The van der Waals surface area contributed by atoms with E-state index in [2.05, 4.69) is 20.8 Å². The fourth-order valence-corrected chi connectivity index (χ4v) is 2.03. The van der Waals surface area contributed by atoms with Gasteiger partial charge in [0.05, 0.1) is 6.10 Å². The molecule has 1 unspecified atom stereocenters. The van der Waals surface area contributed by atoms with E-state index in [1.54, 1.807) is 0 Å². The van der Waals surface area contributed by atoms with Gasteiger partial charge in [0, 0.05) is 7.11 Å². The first-order valence-corrected chi connectivity index (χ1v) is 6.75. The lowest BCUT2D eigenvalue weighted by Gasteiger charge is -2.18. The van der Waals surface area contributed by atoms with Crippen molar-refractivity contribution < 1.29 is 4.74 Å². The second-order valence-electron chi connectivity index (χ2n) is 4.93. The molecular formula is C14H30O. The Bertz CT molecular complexity index is 121. The monoisotopic (exact) mass is 214 g/mol. The summed E-state index contributed by atoms with van der Waals surface area (Å²) in [6, 6.07) is 0. The third kappa shape index (κ3) is 8.92. The van der Waals surface area contributed by atoms with E-state index in [0.717, 1.165) is 0 Å². The molecule has 92 valence electrons.